The maximum Gasteiger partial charge on any atom is 0.389 e. The van der Waals surface area contributed by atoms with Gasteiger partial charge in [0.05, 0.1) is 6.54 Å². The van der Waals surface area contributed by atoms with Gasteiger partial charge in [-0.05, 0) is 61.6 Å². The molecule has 37 heavy (non-hydrogen) atoms. The van der Waals surface area contributed by atoms with Crippen molar-refractivity contribution < 1.29 is 32.6 Å². The Morgan fingerprint density at radius 2 is 1.86 bits per heavy atom. The molecule has 12 heteroatoms. The normalized spacial score (nSPS) is 20.1. The Hall–Kier alpha value is -3.57. The highest BCUT2D eigenvalue weighted by atomic mass is 19.4. The number of carboxylic acids is 1. The van der Waals surface area contributed by atoms with Crippen molar-refractivity contribution in [3.05, 3.63) is 35.4 Å². The molecule has 9 nitrogen and oxygen atoms in total. The molecule has 0 atom stereocenters. The van der Waals surface area contributed by atoms with Crippen LogP contribution < -0.4 is 20.7 Å². The predicted molar refractivity (Wildman–Crippen MR) is 131 cm³/mol. The lowest BCUT2D eigenvalue weighted by molar-refractivity contribution is -0.138. The Kier molecular flexibility index (Phi) is 8.03. The van der Waals surface area contributed by atoms with Crippen LogP contribution in [0.2, 0.25) is 0 Å². The number of hydrogen-bond donors (Lipinski definition) is 3. The third-order valence-electron chi connectivity index (χ3n) is 6.82. The van der Waals surface area contributed by atoms with Crippen LogP contribution in [0.5, 0.6) is 5.88 Å². The molecule has 2 heterocycles. The van der Waals surface area contributed by atoms with Gasteiger partial charge in [-0.1, -0.05) is 12.1 Å². The average molecular weight is 522 g/mol. The number of rotatable bonds is 8. The molecule has 1 saturated carbocycles. The molecule has 1 aliphatic carbocycles. The number of benzene rings is 1. The van der Waals surface area contributed by atoms with E-state index in [9.17, 15) is 22.8 Å². The van der Waals surface area contributed by atoms with E-state index in [-0.39, 0.29) is 61.7 Å². The van der Waals surface area contributed by atoms with Crippen LogP contribution in [0.1, 0.15) is 66.8 Å². The van der Waals surface area contributed by atoms with Gasteiger partial charge in [0, 0.05) is 25.1 Å². The number of aliphatic carboxylic acids is 1. The number of ether oxygens (including phenoxy) is 1. The second kappa shape index (κ2) is 11.2. The van der Waals surface area contributed by atoms with Crippen molar-refractivity contribution in [2.45, 2.75) is 57.0 Å². The van der Waals surface area contributed by atoms with Crippen molar-refractivity contribution >= 4 is 29.3 Å². The number of hydrogen-bond acceptors (Lipinski definition) is 7. The summed E-state index contributed by atoms with van der Waals surface area (Å²) in [6.45, 7) is 0.395. The molecule has 0 spiro atoms. The lowest BCUT2D eigenvalue weighted by Gasteiger charge is -2.28. The maximum absolute atomic E-state index is 13.3. The molecule has 2 aromatic rings. The molecule has 200 valence electrons. The molecular formula is C25H30F3N5O4. The van der Waals surface area contributed by atoms with Gasteiger partial charge in [-0.2, -0.15) is 23.1 Å². The van der Waals surface area contributed by atoms with Crippen molar-refractivity contribution in [2.24, 2.45) is 5.92 Å². The average Bonchev–Trinajstić information content (AvgIpc) is 3.00. The second-order valence-corrected chi connectivity index (χ2v) is 9.47. The van der Waals surface area contributed by atoms with E-state index in [1.807, 2.05) is 24.3 Å². The third-order valence-corrected chi connectivity index (χ3v) is 6.82. The molecule has 0 radical (unpaired) electrons. The summed E-state index contributed by atoms with van der Waals surface area (Å²) in [6.07, 6.45) is -1.48. The van der Waals surface area contributed by atoms with Crippen LogP contribution in [0.25, 0.3) is 0 Å². The number of anilines is 3. The van der Waals surface area contributed by atoms with Crippen LogP contribution in [-0.2, 0) is 4.79 Å². The molecule has 1 aromatic heterocycles. The molecule has 4 rings (SSSR count). The van der Waals surface area contributed by atoms with E-state index >= 15 is 0 Å². The molecular weight excluding hydrogens is 491 g/mol. The number of aromatic nitrogens is 2. The van der Waals surface area contributed by atoms with Gasteiger partial charge in [0.2, 0.25) is 11.8 Å². The maximum atomic E-state index is 13.3. The number of amides is 1. The smallest absolute Gasteiger partial charge is 0.389 e. The van der Waals surface area contributed by atoms with Gasteiger partial charge in [0.15, 0.2) is 0 Å². The van der Waals surface area contributed by atoms with Gasteiger partial charge in [0.25, 0.3) is 5.91 Å². The topological polar surface area (TPSA) is 131 Å². The molecule has 0 bridgehead atoms. The van der Waals surface area contributed by atoms with Crippen molar-refractivity contribution in [1.82, 2.24) is 9.97 Å². The van der Waals surface area contributed by atoms with Crippen molar-refractivity contribution in [2.75, 3.05) is 35.6 Å². The summed E-state index contributed by atoms with van der Waals surface area (Å²) in [6, 6.07) is 7.72. The minimum atomic E-state index is -4.24. The van der Waals surface area contributed by atoms with Gasteiger partial charge in [-0.25, -0.2) is 0 Å². The highest BCUT2D eigenvalue weighted by molar-refractivity contribution is 6.10. The van der Waals surface area contributed by atoms with Crippen LogP contribution in [0.4, 0.5) is 30.6 Å². The monoisotopic (exact) mass is 521 g/mol. The SMILES string of the molecule is Nc1nc(NCCCC(F)(F)F)nc2c1C(=O)N(c1ccc(C3CCC(CC(=O)O)CC3)cc1)CCO2. The Labute approximate surface area is 212 Å². The summed E-state index contributed by atoms with van der Waals surface area (Å²) in [5.41, 5.74) is 7.88. The van der Waals surface area contributed by atoms with E-state index in [0.29, 0.717) is 11.6 Å². The summed E-state index contributed by atoms with van der Waals surface area (Å²) >= 11 is 0. The number of nitrogens with zero attached hydrogens (tertiary/aromatic N) is 3. The largest absolute Gasteiger partial charge is 0.481 e. The Morgan fingerprint density at radius 1 is 1.16 bits per heavy atom. The van der Waals surface area contributed by atoms with Gasteiger partial charge in [0.1, 0.15) is 18.0 Å². The fraction of sp³-hybridized carbons (Fsp3) is 0.520. The Bertz CT molecular complexity index is 1120. The first-order valence-corrected chi connectivity index (χ1v) is 12.4. The zero-order valence-corrected chi connectivity index (χ0v) is 20.3. The first-order chi connectivity index (χ1) is 17.6. The number of carbonyl (C=O) groups excluding carboxylic acids is 1. The van der Waals surface area contributed by atoms with Gasteiger partial charge in [-0.15, -0.1) is 0 Å². The lowest BCUT2D eigenvalue weighted by Crippen LogP contribution is -2.32. The molecule has 2 aliphatic rings. The molecule has 1 amide bonds. The third kappa shape index (κ3) is 6.80. The quantitative estimate of drug-likeness (QED) is 0.430. The first kappa shape index (κ1) is 26.5. The summed E-state index contributed by atoms with van der Waals surface area (Å²) in [7, 11) is 0. The number of nitrogen functional groups attached to an aromatic ring is 1. The van der Waals surface area contributed by atoms with Crippen LogP contribution in [0.3, 0.4) is 0 Å². The molecule has 0 unspecified atom stereocenters. The summed E-state index contributed by atoms with van der Waals surface area (Å²) in [4.78, 5) is 34.0. The van der Waals surface area contributed by atoms with E-state index in [0.717, 1.165) is 31.2 Å². The first-order valence-electron chi connectivity index (χ1n) is 12.4. The van der Waals surface area contributed by atoms with Gasteiger partial charge in [-0.3, -0.25) is 9.59 Å². The summed E-state index contributed by atoms with van der Waals surface area (Å²) in [5.74, 6) is -0.708. The Balaban J connectivity index is 1.42. The zero-order chi connectivity index (χ0) is 26.6. The number of halogens is 3. The van der Waals surface area contributed by atoms with Crippen LogP contribution in [-0.4, -0.2) is 52.8 Å². The van der Waals surface area contributed by atoms with Crippen molar-refractivity contribution in [1.29, 1.82) is 0 Å². The van der Waals surface area contributed by atoms with Crippen molar-refractivity contribution in [3.8, 4) is 5.88 Å². The second-order valence-electron chi connectivity index (χ2n) is 9.47. The minimum Gasteiger partial charge on any atom is -0.481 e. The summed E-state index contributed by atoms with van der Waals surface area (Å²) < 4.78 is 42.7. The molecule has 0 saturated heterocycles. The van der Waals surface area contributed by atoms with Crippen LogP contribution in [0, 0.1) is 5.92 Å². The molecule has 1 aromatic carbocycles. The van der Waals surface area contributed by atoms with Gasteiger partial charge < -0.3 is 25.8 Å². The summed E-state index contributed by atoms with van der Waals surface area (Å²) in [5, 5.41) is 11.7. The number of nitrogens with one attached hydrogen (secondary N) is 1. The van der Waals surface area contributed by atoms with Crippen LogP contribution >= 0.6 is 0 Å². The van der Waals surface area contributed by atoms with Crippen LogP contribution in [0.15, 0.2) is 24.3 Å². The zero-order valence-electron chi connectivity index (χ0n) is 20.3. The van der Waals surface area contributed by atoms with E-state index in [2.05, 4.69) is 15.3 Å². The standard InChI is InChI=1S/C25H30F3N5O4/c26-25(27,28)10-1-11-30-24-31-21(29)20-22(32-24)37-13-12-33(23(20)36)18-8-6-17(7-9-18)16-4-2-15(3-5-16)14-19(34)35/h6-9,15-16H,1-5,10-14H2,(H,34,35)(H3,29,30,31,32). The predicted octanol–water partition coefficient (Wildman–Crippen LogP) is 4.60. The van der Waals surface area contributed by atoms with Gasteiger partial charge >= 0.3 is 12.1 Å². The highest BCUT2D eigenvalue weighted by Crippen LogP contribution is 2.38. The fourth-order valence-electron chi connectivity index (χ4n) is 4.92. The number of alkyl halides is 3. The molecule has 1 aliphatic heterocycles. The highest BCUT2D eigenvalue weighted by Gasteiger charge is 2.31. The minimum absolute atomic E-state index is 0.00195. The number of carbonyl (C=O) groups is 2. The van der Waals surface area contributed by atoms with E-state index < -0.39 is 24.5 Å². The Morgan fingerprint density at radius 3 is 2.51 bits per heavy atom. The van der Waals surface area contributed by atoms with E-state index in [1.54, 1.807) is 0 Å². The van der Waals surface area contributed by atoms with E-state index in [1.165, 1.54) is 4.90 Å². The van der Waals surface area contributed by atoms with E-state index in [4.69, 9.17) is 15.6 Å². The molecule has 4 N–H and O–H groups in total. The number of nitrogens with two attached hydrogens (primary N) is 1. The molecule has 1 fully saturated rings. The fourth-order valence-corrected chi connectivity index (χ4v) is 4.92. The lowest BCUT2D eigenvalue weighted by atomic mass is 9.77. The van der Waals surface area contributed by atoms with Crippen molar-refractivity contribution in [3.63, 3.8) is 0 Å². The number of carboxylic acid groups (broad SMARTS) is 1. The number of fused-ring (bicyclic) bond motifs is 1.